The molecule has 0 aliphatic rings. The number of hydrogen-bond acceptors (Lipinski definition) is 3. The van der Waals surface area contributed by atoms with Crippen LogP contribution in [0.25, 0.3) is 22.3 Å². The number of imidazole rings is 1. The summed E-state index contributed by atoms with van der Waals surface area (Å²) in [6, 6.07) is 7.94. The number of rotatable bonds is 7. The molecule has 2 aromatic heterocycles. The van der Waals surface area contributed by atoms with Gasteiger partial charge in [0.05, 0.1) is 10.5 Å². The molecular weight excluding hydrogens is 350 g/mol. The van der Waals surface area contributed by atoms with Gasteiger partial charge in [0, 0.05) is 30.8 Å². The van der Waals surface area contributed by atoms with E-state index in [4.69, 9.17) is 11.6 Å². The van der Waals surface area contributed by atoms with Crippen molar-refractivity contribution in [3.63, 3.8) is 0 Å². The molecule has 0 radical (unpaired) electrons. The highest BCUT2D eigenvalue weighted by Crippen LogP contribution is 2.34. The van der Waals surface area contributed by atoms with Gasteiger partial charge in [-0.3, -0.25) is 9.55 Å². The lowest BCUT2D eigenvalue weighted by Crippen LogP contribution is -2.17. The van der Waals surface area contributed by atoms with Crippen LogP contribution >= 0.6 is 11.6 Å². The topological polar surface area (TPSA) is 70.9 Å². The van der Waals surface area contributed by atoms with Crippen LogP contribution in [-0.2, 0) is 6.54 Å². The molecule has 0 amide bonds. The number of aliphatic hydroxyl groups is 1. The summed E-state index contributed by atoms with van der Waals surface area (Å²) in [4.78, 5) is 19.6. The number of nitrogens with one attached hydrogen (secondary N) is 1. The molecule has 0 aliphatic heterocycles. The van der Waals surface area contributed by atoms with Crippen LogP contribution in [0.1, 0.15) is 44.6 Å². The quantitative estimate of drug-likeness (QED) is 0.605. The maximum atomic E-state index is 12.4. The average molecular weight is 374 g/mol. The largest absolute Gasteiger partial charge is 0.396 e. The van der Waals surface area contributed by atoms with Crippen LogP contribution < -0.4 is 5.69 Å². The summed E-state index contributed by atoms with van der Waals surface area (Å²) >= 11 is 6.50. The standard InChI is InChI=1S/C20H24ClN3O2/c1-3-4-5-9-24-18-17(16(21)11-22-19(18)23-20(24)26)15-8-6-7-14(10-15)13(2)12-25/h6-8,10-11,13,25H,3-5,9,12H2,1-2H3,(H,22,23,26). The Kier molecular flexibility index (Phi) is 5.79. The summed E-state index contributed by atoms with van der Waals surface area (Å²) in [5.41, 5.74) is 3.88. The van der Waals surface area contributed by atoms with Gasteiger partial charge in [-0.1, -0.05) is 62.6 Å². The highest BCUT2D eigenvalue weighted by molar-refractivity contribution is 6.34. The Morgan fingerprint density at radius 1 is 1.35 bits per heavy atom. The van der Waals surface area contributed by atoms with Crippen molar-refractivity contribution in [3.05, 3.63) is 51.5 Å². The number of aryl methyl sites for hydroxylation is 1. The van der Waals surface area contributed by atoms with Crippen molar-refractivity contribution >= 4 is 22.8 Å². The maximum absolute atomic E-state index is 12.4. The van der Waals surface area contributed by atoms with Crippen LogP contribution in [0, 0.1) is 0 Å². The Morgan fingerprint density at radius 2 is 2.15 bits per heavy atom. The molecule has 2 N–H and O–H groups in total. The van der Waals surface area contributed by atoms with Crippen molar-refractivity contribution in [2.45, 2.75) is 45.6 Å². The van der Waals surface area contributed by atoms with Crippen LogP contribution in [0.2, 0.25) is 5.02 Å². The van der Waals surface area contributed by atoms with Gasteiger partial charge in [-0.05, 0) is 17.5 Å². The number of benzene rings is 1. The van der Waals surface area contributed by atoms with E-state index in [1.54, 1.807) is 10.8 Å². The lowest BCUT2D eigenvalue weighted by molar-refractivity contribution is 0.273. The molecule has 0 saturated heterocycles. The van der Waals surface area contributed by atoms with E-state index in [1.165, 1.54) is 0 Å². The van der Waals surface area contributed by atoms with E-state index >= 15 is 0 Å². The molecule has 26 heavy (non-hydrogen) atoms. The number of unbranched alkanes of at least 4 members (excludes halogenated alkanes) is 2. The maximum Gasteiger partial charge on any atom is 0.327 e. The molecule has 5 nitrogen and oxygen atoms in total. The van der Waals surface area contributed by atoms with Crippen molar-refractivity contribution in [3.8, 4) is 11.1 Å². The van der Waals surface area contributed by atoms with Gasteiger partial charge in [0.2, 0.25) is 0 Å². The third-order valence-electron chi connectivity index (χ3n) is 4.75. The number of hydrogen-bond donors (Lipinski definition) is 2. The molecule has 138 valence electrons. The summed E-state index contributed by atoms with van der Waals surface area (Å²) in [7, 11) is 0. The van der Waals surface area contributed by atoms with Crippen LogP contribution in [-0.4, -0.2) is 26.2 Å². The Balaban J connectivity index is 2.19. The number of pyridine rings is 1. The van der Waals surface area contributed by atoms with E-state index in [-0.39, 0.29) is 18.2 Å². The molecule has 3 aromatic rings. The van der Waals surface area contributed by atoms with Crippen molar-refractivity contribution in [1.82, 2.24) is 14.5 Å². The lowest BCUT2D eigenvalue weighted by atomic mass is 9.96. The second kappa shape index (κ2) is 8.06. The van der Waals surface area contributed by atoms with Crippen molar-refractivity contribution in [2.75, 3.05) is 6.61 Å². The first-order valence-corrected chi connectivity index (χ1v) is 9.42. The van der Waals surface area contributed by atoms with Crippen LogP contribution in [0.15, 0.2) is 35.3 Å². The number of aliphatic hydroxyl groups excluding tert-OH is 1. The Morgan fingerprint density at radius 3 is 2.88 bits per heavy atom. The van der Waals surface area contributed by atoms with E-state index in [2.05, 4.69) is 16.9 Å². The molecule has 6 heteroatoms. The number of aromatic nitrogens is 3. The molecule has 0 aliphatic carbocycles. The zero-order valence-electron chi connectivity index (χ0n) is 15.1. The first-order valence-electron chi connectivity index (χ1n) is 9.05. The third-order valence-corrected chi connectivity index (χ3v) is 5.04. The van der Waals surface area contributed by atoms with E-state index in [1.807, 2.05) is 31.2 Å². The van der Waals surface area contributed by atoms with Crippen LogP contribution in [0.3, 0.4) is 0 Å². The second-order valence-electron chi connectivity index (χ2n) is 6.68. The number of H-pyrrole nitrogens is 1. The molecule has 3 rings (SSSR count). The zero-order valence-corrected chi connectivity index (χ0v) is 15.9. The third kappa shape index (κ3) is 3.55. The summed E-state index contributed by atoms with van der Waals surface area (Å²) in [5.74, 6) is 0.0315. The number of aromatic amines is 1. The fraction of sp³-hybridized carbons (Fsp3) is 0.400. The van der Waals surface area contributed by atoms with Gasteiger partial charge < -0.3 is 5.11 Å². The van der Waals surface area contributed by atoms with Crippen LogP contribution in [0.4, 0.5) is 0 Å². The van der Waals surface area contributed by atoms with E-state index in [0.29, 0.717) is 17.2 Å². The highest BCUT2D eigenvalue weighted by Gasteiger charge is 2.17. The first kappa shape index (κ1) is 18.7. The molecule has 1 atom stereocenters. The molecule has 0 fully saturated rings. The normalized spacial score (nSPS) is 12.6. The minimum absolute atomic E-state index is 0.0315. The van der Waals surface area contributed by atoms with Gasteiger partial charge in [-0.2, -0.15) is 0 Å². The Labute approximate surface area is 157 Å². The molecule has 0 saturated carbocycles. The van der Waals surface area contributed by atoms with Crippen LogP contribution in [0.5, 0.6) is 0 Å². The summed E-state index contributed by atoms with van der Waals surface area (Å²) in [6.07, 6.45) is 4.65. The summed E-state index contributed by atoms with van der Waals surface area (Å²) < 4.78 is 1.74. The Hall–Kier alpha value is -2.11. The second-order valence-corrected chi connectivity index (χ2v) is 7.08. The van der Waals surface area contributed by atoms with Crippen molar-refractivity contribution < 1.29 is 5.11 Å². The molecule has 0 bridgehead atoms. The van der Waals surface area contributed by atoms with Crippen molar-refractivity contribution in [1.29, 1.82) is 0 Å². The Bertz CT molecular complexity index is 961. The van der Waals surface area contributed by atoms with Gasteiger partial charge >= 0.3 is 5.69 Å². The van der Waals surface area contributed by atoms with Gasteiger partial charge in [0.25, 0.3) is 0 Å². The fourth-order valence-electron chi connectivity index (χ4n) is 3.22. The number of nitrogens with zero attached hydrogens (tertiary/aromatic N) is 2. The predicted octanol–water partition coefficient (Wildman–Crippen LogP) is 4.33. The zero-order chi connectivity index (χ0) is 18.7. The summed E-state index contributed by atoms with van der Waals surface area (Å²) in [6.45, 7) is 4.82. The number of halogens is 1. The summed E-state index contributed by atoms with van der Waals surface area (Å²) in [5, 5.41) is 9.97. The predicted molar refractivity (Wildman–Crippen MR) is 106 cm³/mol. The van der Waals surface area contributed by atoms with Gasteiger partial charge in [0.1, 0.15) is 0 Å². The van der Waals surface area contributed by atoms with Gasteiger partial charge in [0.15, 0.2) is 5.65 Å². The molecule has 1 unspecified atom stereocenters. The minimum Gasteiger partial charge on any atom is -0.396 e. The minimum atomic E-state index is -0.160. The van der Waals surface area contributed by atoms with E-state index in [0.717, 1.165) is 41.5 Å². The van der Waals surface area contributed by atoms with Crippen molar-refractivity contribution in [2.24, 2.45) is 0 Å². The van der Waals surface area contributed by atoms with Gasteiger partial charge in [-0.25, -0.2) is 9.78 Å². The monoisotopic (exact) mass is 373 g/mol. The molecule has 0 spiro atoms. The average Bonchev–Trinajstić information content (AvgIpc) is 2.97. The molecular formula is C20H24ClN3O2. The lowest BCUT2D eigenvalue weighted by Gasteiger charge is -2.13. The SMILES string of the molecule is CCCCCn1c(=O)[nH]c2ncc(Cl)c(-c3cccc(C(C)CO)c3)c21. The van der Waals surface area contributed by atoms with E-state index in [9.17, 15) is 9.90 Å². The van der Waals surface area contributed by atoms with E-state index < -0.39 is 0 Å². The smallest absolute Gasteiger partial charge is 0.327 e. The molecule has 1 aromatic carbocycles. The van der Waals surface area contributed by atoms with Gasteiger partial charge in [-0.15, -0.1) is 0 Å². The molecule has 2 heterocycles. The number of fused-ring (bicyclic) bond motifs is 1. The fourth-order valence-corrected chi connectivity index (χ4v) is 3.46. The first-order chi connectivity index (χ1) is 12.6. The highest BCUT2D eigenvalue weighted by atomic mass is 35.5.